The summed E-state index contributed by atoms with van der Waals surface area (Å²) in [4.78, 5) is 13.3. The highest BCUT2D eigenvalue weighted by atomic mass is 16.5. The van der Waals surface area contributed by atoms with Gasteiger partial charge in [-0.15, -0.1) is 0 Å². The number of carbonyl (C=O) groups is 1. The summed E-state index contributed by atoms with van der Waals surface area (Å²) in [5.41, 5.74) is 0. The molecule has 0 heterocycles. The molecular weight excluding hydrogens is 238 g/mol. The molecule has 1 saturated carbocycles. The lowest BCUT2D eigenvalue weighted by atomic mass is 10.2. The predicted molar refractivity (Wildman–Crippen MR) is 79.0 cm³/mol. The molecule has 1 atom stereocenters. The van der Waals surface area contributed by atoms with Gasteiger partial charge in [-0.25, -0.2) is 0 Å². The van der Waals surface area contributed by atoms with Gasteiger partial charge in [0.25, 0.3) is 0 Å². The van der Waals surface area contributed by atoms with E-state index in [0.29, 0.717) is 12.5 Å². The van der Waals surface area contributed by atoms with Crippen molar-refractivity contribution in [3.05, 3.63) is 24.8 Å². The summed E-state index contributed by atoms with van der Waals surface area (Å²) < 4.78 is 6.10. The Morgan fingerprint density at radius 1 is 1.47 bits per heavy atom. The lowest BCUT2D eigenvalue weighted by Gasteiger charge is -2.22. The van der Waals surface area contributed by atoms with Crippen molar-refractivity contribution < 1.29 is 9.53 Å². The maximum Gasteiger partial charge on any atom is 0.222 e. The van der Waals surface area contributed by atoms with Crippen LogP contribution in [0.15, 0.2) is 24.8 Å². The molecule has 1 rings (SSSR count). The molecule has 1 unspecified atom stereocenters. The maximum atomic E-state index is 11.5. The van der Waals surface area contributed by atoms with E-state index in [9.17, 15) is 4.79 Å². The number of hydrogen-bond acceptors (Lipinski definition) is 2. The van der Waals surface area contributed by atoms with Crippen LogP contribution in [0.25, 0.3) is 0 Å². The third kappa shape index (κ3) is 6.06. The van der Waals surface area contributed by atoms with Crippen molar-refractivity contribution in [1.82, 2.24) is 4.90 Å². The Bertz CT molecular complexity index is 306. The molecule has 0 aromatic carbocycles. The molecule has 0 N–H and O–H groups in total. The minimum atomic E-state index is 0.0909. The first-order valence-electron chi connectivity index (χ1n) is 7.36. The molecule has 0 radical (unpaired) electrons. The van der Waals surface area contributed by atoms with Crippen LogP contribution in [0.5, 0.6) is 0 Å². The van der Waals surface area contributed by atoms with Crippen LogP contribution in [0.2, 0.25) is 0 Å². The average Bonchev–Trinajstić information content (AvgIpc) is 2.93. The molecule has 0 spiro atoms. The molecule has 1 amide bonds. The van der Waals surface area contributed by atoms with Gasteiger partial charge in [0, 0.05) is 20.0 Å². The second-order valence-corrected chi connectivity index (χ2v) is 5.16. The first kappa shape index (κ1) is 16.0. The van der Waals surface area contributed by atoms with E-state index in [2.05, 4.69) is 12.7 Å². The molecule has 3 heteroatoms. The molecule has 0 bridgehead atoms. The van der Waals surface area contributed by atoms with Crippen LogP contribution in [-0.4, -0.2) is 36.6 Å². The normalized spacial score (nSPS) is 17.8. The third-order valence-corrected chi connectivity index (χ3v) is 3.61. The second kappa shape index (κ2) is 8.92. The Morgan fingerprint density at radius 3 is 2.74 bits per heavy atom. The van der Waals surface area contributed by atoms with Crippen LogP contribution >= 0.6 is 0 Å². The molecule has 1 aliphatic carbocycles. The average molecular weight is 265 g/mol. The Hall–Kier alpha value is -1.09. The van der Waals surface area contributed by atoms with Gasteiger partial charge >= 0.3 is 0 Å². The molecule has 0 aromatic rings. The highest BCUT2D eigenvalue weighted by Crippen LogP contribution is 2.23. The summed E-state index contributed by atoms with van der Waals surface area (Å²) in [7, 11) is 1.86. The lowest BCUT2D eigenvalue weighted by Crippen LogP contribution is -2.30. The Labute approximate surface area is 117 Å². The van der Waals surface area contributed by atoms with Gasteiger partial charge in [-0.3, -0.25) is 4.79 Å². The largest absolute Gasteiger partial charge is 0.371 e. The fraction of sp³-hybridized carbons (Fsp3) is 0.688. The van der Waals surface area contributed by atoms with Crippen molar-refractivity contribution in [3.8, 4) is 0 Å². The highest BCUT2D eigenvalue weighted by Gasteiger charge is 2.19. The summed E-state index contributed by atoms with van der Waals surface area (Å²) >= 11 is 0. The molecule has 1 aliphatic rings. The molecule has 0 saturated heterocycles. The van der Waals surface area contributed by atoms with Crippen molar-refractivity contribution in [1.29, 1.82) is 0 Å². The van der Waals surface area contributed by atoms with Gasteiger partial charge in [0.15, 0.2) is 0 Å². The maximum absolute atomic E-state index is 11.5. The fourth-order valence-electron chi connectivity index (χ4n) is 2.40. The van der Waals surface area contributed by atoms with Gasteiger partial charge in [-0.05, 0) is 19.3 Å². The van der Waals surface area contributed by atoms with Crippen LogP contribution < -0.4 is 0 Å². The number of carbonyl (C=O) groups excluding carboxylic acids is 1. The molecule has 3 nitrogen and oxygen atoms in total. The first-order valence-corrected chi connectivity index (χ1v) is 7.36. The van der Waals surface area contributed by atoms with Gasteiger partial charge in [-0.1, -0.05) is 44.6 Å². The van der Waals surface area contributed by atoms with E-state index < -0.39 is 0 Å². The summed E-state index contributed by atoms with van der Waals surface area (Å²) in [5, 5.41) is 0. The minimum Gasteiger partial charge on any atom is -0.371 e. The number of ether oxygens (including phenoxy) is 1. The predicted octanol–water partition coefficient (Wildman–Crippen LogP) is 3.31. The van der Waals surface area contributed by atoms with Crippen molar-refractivity contribution in [2.45, 2.75) is 57.7 Å². The summed E-state index contributed by atoms with van der Waals surface area (Å²) in [6.45, 7) is 6.33. The van der Waals surface area contributed by atoms with Gasteiger partial charge in [0.1, 0.15) is 0 Å². The Morgan fingerprint density at radius 2 is 2.16 bits per heavy atom. The van der Waals surface area contributed by atoms with E-state index in [1.807, 2.05) is 20.0 Å². The zero-order chi connectivity index (χ0) is 14.1. The highest BCUT2D eigenvalue weighted by molar-refractivity contribution is 5.75. The molecule has 108 valence electrons. The van der Waals surface area contributed by atoms with E-state index in [4.69, 9.17) is 4.74 Å². The van der Waals surface area contributed by atoms with Gasteiger partial charge in [0.05, 0.1) is 12.2 Å². The van der Waals surface area contributed by atoms with E-state index >= 15 is 0 Å². The van der Waals surface area contributed by atoms with E-state index in [1.54, 1.807) is 11.0 Å². The molecular formula is C16H27NO2. The van der Waals surface area contributed by atoms with Crippen molar-refractivity contribution >= 4 is 5.91 Å². The number of nitrogens with zero attached hydrogens (tertiary/aromatic N) is 1. The van der Waals surface area contributed by atoms with Gasteiger partial charge in [-0.2, -0.15) is 0 Å². The molecule has 0 aliphatic heterocycles. The van der Waals surface area contributed by atoms with Gasteiger partial charge in [0.2, 0.25) is 5.91 Å². The van der Waals surface area contributed by atoms with Gasteiger partial charge < -0.3 is 9.64 Å². The lowest BCUT2D eigenvalue weighted by molar-refractivity contribution is -0.129. The number of amides is 1. The van der Waals surface area contributed by atoms with E-state index in [1.165, 1.54) is 25.7 Å². The monoisotopic (exact) mass is 265 g/mol. The standard InChI is InChI=1S/C16H27NO2/c1-4-6-9-15(19-14-10-7-8-11-14)12-13-17(3)16(18)5-2/h4,6,9,14-15H,1,5,7-8,10-13H2,2-3H3/b9-6-. The van der Waals surface area contributed by atoms with Crippen LogP contribution in [0.3, 0.4) is 0 Å². The quantitative estimate of drug-likeness (QED) is 0.630. The molecule has 0 aromatic heterocycles. The van der Waals surface area contributed by atoms with Crippen LogP contribution in [0.4, 0.5) is 0 Å². The zero-order valence-corrected chi connectivity index (χ0v) is 12.3. The molecule has 19 heavy (non-hydrogen) atoms. The Balaban J connectivity index is 2.41. The number of hydrogen-bond donors (Lipinski definition) is 0. The molecule has 1 fully saturated rings. The second-order valence-electron chi connectivity index (χ2n) is 5.16. The first-order chi connectivity index (χ1) is 9.17. The van der Waals surface area contributed by atoms with E-state index in [-0.39, 0.29) is 12.0 Å². The van der Waals surface area contributed by atoms with Crippen molar-refractivity contribution in [2.24, 2.45) is 0 Å². The summed E-state index contributed by atoms with van der Waals surface area (Å²) in [6, 6.07) is 0. The summed E-state index contributed by atoms with van der Waals surface area (Å²) in [5.74, 6) is 0.187. The van der Waals surface area contributed by atoms with Crippen LogP contribution in [0.1, 0.15) is 45.4 Å². The topological polar surface area (TPSA) is 29.5 Å². The fourth-order valence-corrected chi connectivity index (χ4v) is 2.40. The van der Waals surface area contributed by atoms with E-state index in [0.717, 1.165) is 13.0 Å². The smallest absolute Gasteiger partial charge is 0.222 e. The third-order valence-electron chi connectivity index (χ3n) is 3.61. The number of rotatable bonds is 8. The van der Waals surface area contributed by atoms with Crippen molar-refractivity contribution in [2.75, 3.05) is 13.6 Å². The minimum absolute atomic E-state index is 0.0909. The van der Waals surface area contributed by atoms with Crippen LogP contribution in [-0.2, 0) is 9.53 Å². The van der Waals surface area contributed by atoms with Crippen LogP contribution in [0, 0.1) is 0 Å². The SMILES string of the molecule is C=C/C=C\C(CCN(C)C(=O)CC)OC1CCCC1. The number of allylic oxidation sites excluding steroid dienone is 2. The summed E-state index contributed by atoms with van der Waals surface area (Å²) in [6.07, 6.45) is 12.5. The van der Waals surface area contributed by atoms with Crippen molar-refractivity contribution in [3.63, 3.8) is 0 Å². The zero-order valence-electron chi connectivity index (χ0n) is 12.3. The Kier molecular flexibility index (Phi) is 7.49.